The zero-order valence-corrected chi connectivity index (χ0v) is 5.65. The fourth-order valence-corrected chi connectivity index (χ4v) is 0.346. The van der Waals surface area contributed by atoms with Crippen molar-refractivity contribution in [3.8, 4) is 0 Å². The average Bonchev–Trinajstić information content (AvgIpc) is 1.93. The van der Waals surface area contributed by atoms with E-state index in [2.05, 4.69) is 12.2 Å². The molecule has 2 nitrogen and oxygen atoms in total. The van der Waals surface area contributed by atoms with Crippen molar-refractivity contribution in [3.63, 3.8) is 0 Å². The van der Waals surface area contributed by atoms with E-state index in [1.165, 1.54) is 0 Å². The Morgan fingerprint density at radius 1 is 1.56 bits per heavy atom. The molecule has 48 valence electrons. The van der Waals surface area contributed by atoms with Crippen molar-refractivity contribution in [2.75, 3.05) is 6.61 Å². The fraction of sp³-hybridized carbons (Fsp3) is 0.167. The van der Waals surface area contributed by atoms with Gasteiger partial charge in [0.05, 0.1) is 11.4 Å². The molecule has 0 atom stereocenters. The van der Waals surface area contributed by atoms with Crippen molar-refractivity contribution >= 4 is 17.4 Å². The molecule has 0 aromatic carbocycles. The van der Waals surface area contributed by atoms with E-state index in [9.17, 15) is 0 Å². The lowest BCUT2D eigenvalue weighted by molar-refractivity contribution is 0.286. The molecule has 1 aliphatic heterocycles. The average molecular weight is 141 g/mol. The van der Waals surface area contributed by atoms with Crippen LogP contribution in [0.2, 0.25) is 0 Å². The van der Waals surface area contributed by atoms with Crippen molar-refractivity contribution in [2.45, 2.75) is 0 Å². The summed E-state index contributed by atoms with van der Waals surface area (Å²) < 4.78 is 4.80. The molecule has 0 fully saturated rings. The standard InChI is InChI=1S/C5H6O.CHNS/c1-2-4-6-5-3-1;2-1-3/h1-4H,5H2;2H. The Morgan fingerprint density at radius 2 is 2.22 bits per heavy atom. The molecule has 3 heteroatoms. The lowest BCUT2D eigenvalue weighted by atomic mass is 10.5. The number of allylic oxidation sites excluding steroid dienone is 2. The summed E-state index contributed by atoms with van der Waals surface area (Å²) in [7, 11) is 0. The monoisotopic (exact) mass is 141 g/mol. The molecule has 0 unspecified atom stereocenters. The number of hydrogen-bond acceptors (Lipinski definition) is 3. The molecular formula is C6H7NOS. The number of nitrogens with one attached hydrogen (secondary N) is 1. The van der Waals surface area contributed by atoms with Crippen molar-refractivity contribution < 1.29 is 4.74 Å². The maximum Gasteiger partial charge on any atom is 0.106 e. The predicted octanol–water partition coefficient (Wildman–Crippen LogP) is 1.75. The molecule has 9 heavy (non-hydrogen) atoms. The van der Waals surface area contributed by atoms with E-state index in [1.54, 1.807) is 11.4 Å². The summed E-state index contributed by atoms with van der Waals surface area (Å²) in [5.74, 6) is 0. The third-order valence-electron chi connectivity index (χ3n) is 0.614. The lowest BCUT2D eigenvalue weighted by Gasteiger charge is -1.94. The second-order valence-corrected chi connectivity index (χ2v) is 1.40. The molecule has 0 bridgehead atoms. The Kier molecular flexibility index (Phi) is 6.36. The van der Waals surface area contributed by atoms with Crippen molar-refractivity contribution in [1.29, 1.82) is 5.41 Å². The zero-order chi connectivity index (χ0) is 6.95. The predicted molar refractivity (Wildman–Crippen MR) is 39.5 cm³/mol. The van der Waals surface area contributed by atoms with Gasteiger partial charge in [-0.25, -0.2) is 5.41 Å². The molecule has 0 saturated heterocycles. The molecule has 0 aliphatic carbocycles. The summed E-state index contributed by atoms with van der Waals surface area (Å²) in [6, 6.07) is 0. The Labute approximate surface area is 59.3 Å². The normalized spacial score (nSPS) is 12.4. The van der Waals surface area contributed by atoms with Crippen LogP contribution < -0.4 is 0 Å². The van der Waals surface area contributed by atoms with E-state index in [0.717, 1.165) is 6.61 Å². The van der Waals surface area contributed by atoms with Crippen LogP contribution in [0.5, 0.6) is 0 Å². The van der Waals surface area contributed by atoms with Gasteiger partial charge >= 0.3 is 0 Å². The lowest BCUT2D eigenvalue weighted by Crippen LogP contribution is -1.82. The van der Waals surface area contributed by atoms with E-state index >= 15 is 0 Å². The van der Waals surface area contributed by atoms with Gasteiger partial charge in [0.15, 0.2) is 0 Å². The largest absolute Gasteiger partial charge is 0.497 e. The summed E-state index contributed by atoms with van der Waals surface area (Å²) in [4.78, 5) is 0. The van der Waals surface area contributed by atoms with Crippen molar-refractivity contribution in [1.82, 2.24) is 0 Å². The van der Waals surface area contributed by atoms with Crippen LogP contribution in [0.15, 0.2) is 24.5 Å². The van der Waals surface area contributed by atoms with Gasteiger partial charge in [0.2, 0.25) is 0 Å². The highest BCUT2D eigenvalue weighted by molar-refractivity contribution is 7.78. The van der Waals surface area contributed by atoms with Gasteiger partial charge in [-0.15, -0.1) is 0 Å². The zero-order valence-electron chi connectivity index (χ0n) is 4.83. The Hall–Kier alpha value is -0.920. The first-order chi connectivity index (χ1) is 4.41. The minimum absolute atomic E-state index is 0.733. The maximum absolute atomic E-state index is 5.77. The third-order valence-corrected chi connectivity index (χ3v) is 0.614. The van der Waals surface area contributed by atoms with Crippen LogP contribution in [-0.2, 0) is 4.74 Å². The molecule has 0 aromatic heterocycles. The van der Waals surface area contributed by atoms with Crippen LogP contribution in [0.4, 0.5) is 0 Å². The van der Waals surface area contributed by atoms with Gasteiger partial charge in [-0.1, -0.05) is 6.08 Å². The van der Waals surface area contributed by atoms with E-state index < -0.39 is 0 Å². The summed E-state index contributed by atoms with van der Waals surface area (Å²) in [5, 5.41) is 7.36. The van der Waals surface area contributed by atoms with E-state index in [1.807, 2.05) is 18.2 Å². The Morgan fingerprint density at radius 3 is 2.33 bits per heavy atom. The third kappa shape index (κ3) is 7.08. The molecule has 0 spiro atoms. The maximum atomic E-state index is 5.77. The first-order valence-electron chi connectivity index (χ1n) is 2.39. The van der Waals surface area contributed by atoms with Crippen LogP contribution in [0, 0.1) is 5.41 Å². The Balaban J connectivity index is 0.000000187. The molecule has 1 heterocycles. The van der Waals surface area contributed by atoms with E-state index in [-0.39, 0.29) is 0 Å². The van der Waals surface area contributed by atoms with Gasteiger partial charge in [-0.05, 0) is 24.4 Å². The number of isothiocyanates is 1. The Bertz CT molecular complexity index is 133. The van der Waals surface area contributed by atoms with Gasteiger partial charge in [0, 0.05) is 0 Å². The van der Waals surface area contributed by atoms with Gasteiger partial charge < -0.3 is 4.74 Å². The summed E-state index contributed by atoms with van der Waals surface area (Å²) in [5.41, 5.74) is 0. The molecule has 1 aliphatic rings. The number of ether oxygens (including phenoxy) is 1. The second-order valence-electron chi connectivity index (χ2n) is 1.19. The molecule has 0 radical (unpaired) electrons. The topological polar surface area (TPSA) is 33.1 Å². The van der Waals surface area contributed by atoms with Gasteiger partial charge in [0.1, 0.15) is 6.61 Å². The molecule has 0 saturated carbocycles. The highest BCUT2D eigenvalue weighted by atomic mass is 32.1. The van der Waals surface area contributed by atoms with Gasteiger partial charge in [-0.3, -0.25) is 0 Å². The highest BCUT2D eigenvalue weighted by Gasteiger charge is 1.75. The molecular weight excluding hydrogens is 134 g/mol. The highest BCUT2D eigenvalue weighted by Crippen LogP contribution is 1.87. The van der Waals surface area contributed by atoms with Crippen LogP contribution in [0.3, 0.4) is 0 Å². The number of hydrogen-bond donors (Lipinski definition) is 1. The first-order valence-corrected chi connectivity index (χ1v) is 2.79. The van der Waals surface area contributed by atoms with Gasteiger partial charge in [-0.2, -0.15) is 0 Å². The smallest absolute Gasteiger partial charge is 0.106 e. The summed E-state index contributed by atoms with van der Waals surface area (Å²) in [6.07, 6.45) is 7.47. The summed E-state index contributed by atoms with van der Waals surface area (Å²) >= 11 is 3.81. The summed E-state index contributed by atoms with van der Waals surface area (Å²) in [6.45, 7) is 0.733. The number of rotatable bonds is 0. The first kappa shape index (κ1) is 8.08. The van der Waals surface area contributed by atoms with Crippen molar-refractivity contribution in [3.05, 3.63) is 24.5 Å². The quantitative estimate of drug-likeness (QED) is 0.412. The SMILES string of the molecule is C1=CCOC=C1.N=C=S. The van der Waals surface area contributed by atoms with Crippen LogP contribution >= 0.6 is 12.2 Å². The van der Waals surface area contributed by atoms with Crippen LogP contribution in [-0.4, -0.2) is 11.8 Å². The van der Waals surface area contributed by atoms with Crippen LogP contribution in [0.1, 0.15) is 0 Å². The second kappa shape index (κ2) is 7.08. The van der Waals surface area contributed by atoms with E-state index in [0.29, 0.717) is 0 Å². The fourth-order valence-electron chi connectivity index (χ4n) is 0.346. The van der Waals surface area contributed by atoms with Crippen molar-refractivity contribution in [2.24, 2.45) is 0 Å². The molecule has 0 aromatic rings. The molecule has 1 rings (SSSR count). The molecule has 1 N–H and O–H groups in total. The number of thiocarbonyl (C=S) groups is 1. The molecule has 0 amide bonds. The van der Waals surface area contributed by atoms with Crippen LogP contribution in [0.25, 0.3) is 0 Å². The minimum Gasteiger partial charge on any atom is -0.497 e. The van der Waals surface area contributed by atoms with Gasteiger partial charge in [0.25, 0.3) is 0 Å². The minimum atomic E-state index is 0.733. The van der Waals surface area contributed by atoms with E-state index in [4.69, 9.17) is 10.1 Å².